The van der Waals surface area contributed by atoms with Crippen molar-refractivity contribution in [2.75, 3.05) is 0 Å². The molecule has 0 rings (SSSR count). The minimum atomic E-state index is -4.74. The summed E-state index contributed by atoms with van der Waals surface area (Å²) >= 11 is 0. The van der Waals surface area contributed by atoms with Crippen molar-refractivity contribution in [2.45, 2.75) is 45.5 Å². The molecule has 15 heavy (non-hydrogen) atoms. The van der Waals surface area contributed by atoms with Gasteiger partial charge in [-0.2, -0.15) is 13.2 Å². The molecule has 6 heteroatoms. The summed E-state index contributed by atoms with van der Waals surface area (Å²) in [7, 11) is 0. The predicted molar refractivity (Wildman–Crippen MR) is 51.1 cm³/mol. The normalized spacial score (nSPS) is 18.5. The van der Waals surface area contributed by atoms with Gasteiger partial charge in [0.2, 0.25) is 5.91 Å². The molecule has 90 valence electrons. The molecule has 0 fully saturated rings. The van der Waals surface area contributed by atoms with Gasteiger partial charge in [-0.15, -0.1) is 0 Å². The summed E-state index contributed by atoms with van der Waals surface area (Å²) in [5, 5.41) is 2.24. The average Bonchev–Trinajstić information content (AvgIpc) is 2.01. The molecule has 0 aromatic rings. The van der Waals surface area contributed by atoms with Crippen molar-refractivity contribution >= 4 is 5.91 Å². The summed E-state index contributed by atoms with van der Waals surface area (Å²) in [5.41, 5.74) is 2.11. The molecule has 3 N–H and O–H groups in total. The number of nitrogens with one attached hydrogen (secondary N) is 1. The number of nitrogens with two attached hydrogens (primary N) is 1. The van der Waals surface area contributed by atoms with Crippen molar-refractivity contribution in [3.8, 4) is 0 Å². The van der Waals surface area contributed by atoms with Crippen LogP contribution in [0.3, 0.4) is 0 Å². The summed E-state index contributed by atoms with van der Waals surface area (Å²) in [6.07, 6.45) is -4.74. The molecule has 0 aliphatic heterocycles. The number of hydrogen-bond acceptors (Lipinski definition) is 2. The Kier molecular flexibility index (Phi) is 4.16. The number of hydrogen-bond donors (Lipinski definition) is 2. The lowest BCUT2D eigenvalue weighted by atomic mass is 10.00. The van der Waals surface area contributed by atoms with Crippen molar-refractivity contribution in [2.24, 2.45) is 11.7 Å². The molecule has 0 aliphatic rings. The van der Waals surface area contributed by atoms with Gasteiger partial charge in [-0.1, -0.05) is 13.8 Å². The largest absolute Gasteiger partial charge is 0.415 e. The predicted octanol–water partition coefficient (Wildman–Crippen LogP) is 1.43. The van der Waals surface area contributed by atoms with Crippen molar-refractivity contribution in [3.05, 3.63) is 0 Å². The van der Waals surface area contributed by atoms with E-state index in [9.17, 15) is 18.0 Å². The molecular weight excluding hydrogens is 209 g/mol. The van der Waals surface area contributed by atoms with Gasteiger partial charge in [-0.25, -0.2) is 0 Å². The Morgan fingerprint density at radius 3 is 1.93 bits per heavy atom. The van der Waals surface area contributed by atoms with E-state index in [1.54, 1.807) is 20.8 Å². The maximum Gasteiger partial charge on any atom is 0.415 e. The first-order valence-electron chi connectivity index (χ1n) is 4.66. The monoisotopic (exact) mass is 226 g/mol. The molecule has 0 saturated carbocycles. The number of amides is 1. The quantitative estimate of drug-likeness (QED) is 0.764. The van der Waals surface area contributed by atoms with Crippen LogP contribution >= 0.6 is 0 Å². The second-order valence-corrected chi connectivity index (χ2v) is 4.21. The molecular formula is C9H17F3N2O. The highest BCUT2D eigenvalue weighted by molar-refractivity contribution is 5.86. The Hall–Kier alpha value is -0.780. The zero-order chi connectivity index (χ0) is 12.4. The van der Waals surface area contributed by atoms with Gasteiger partial charge in [0, 0.05) is 6.04 Å². The van der Waals surface area contributed by atoms with Crippen LogP contribution in [0.15, 0.2) is 0 Å². The van der Waals surface area contributed by atoms with Crippen LogP contribution in [0.4, 0.5) is 13.2 Å². The van der Waals surface area contributed by atoms with E-state index in [1.807, 2.05) is 0 Å². The Balaban J connectivity index is 4.59. The van der Waals surface area contributed by atoms with Crippen LogP contribution in [0.1, 0.15) is 27.7 Å². The molecule has 3 nitrogen and oxygen atoms in total. The maximum atomic E-state index is 12.3. The first kappa shape index (κ1) is 14.2. The van der Waals surface area contributed by atoms with Gasteiger partial charge < -0.3 is 11.1 Å². The van der Waals surface area contributed by atoms with E-state index in [4.69, 9.17) is 5.73 Å². The van der Waals surface area contributed by atoms with E-state index >= 15 is 0 Å². The number of carbonyl (C=O) groups is 1. The van der Waals surface area contributed by atoms with Crippen LogP contribution < -0.4 is 11.1 Å². The van der Waals surface area contributed by atoms with Crippen molar-refractivity contribution in [1.29, 1.82) is 0 Å². The van der Waals surface area contributed by atoms with E-state index in [-0.39, 0.29) is 12.0 Å². The molecule has 2 unspecified atom stereocenters. The molecule has 0 bridgehead atoms. The van der Waals surface area contributed by atoms with Crippen molar-refractivity contribution in [1.82, 2.24) is 5.32 Å². The third-order valence-corrected chi connectivity index (χ3v) is 2.42. The minimum Gasteiger partial charge on any atom is -0.352 e. The Bertz CT molecular complexity index is 236. The van der Waals surface area contributed by atoms with Crippen LogP contribution in [-0.4, -0.2) is 23.7 Å². The topological polar surface area (TPSA) is 55.1 Å². The molecule has 0 aromatic carbocycles. The third-order valence-electron chi connectivity index (χ3n) is 2.42. The number of carbonyl (C=O) groups excluding carboxylic acids is 1. The highest BCUT2D eigenvalue weighted by Crippen LogP contribution is 2.28. The average molecular weight is 226 g/mol. The first-order valence-corrected chi connectivity index (χ1v) is 4.66. The molecule has 1 amide bonds. The molecule has 0 radical (unpaired) electrons. The van der Waals surface area contributed by atoms with Crippen LogP contribution in [0.25, 0.3) is 0 Å². The second-order valence-electron chi connectivity index (χ2n) is 4.21. The SMILES string of the molecule is CC(C)C(C)NC(=O)C(C)(N)C(F)(F)F. The molecule has 0 heterocycles. The third kappa shape index (κ3) is 3.37. The van der Waals surface area contributed by atoms with Crippen LogP contribution in [0.2, 0.25) is 0 Å². The summed E-state index contributed by atoms with van der Waals surface area (Å²) in [5.74, 6) is -1.14. The first-order chi connectivity index (χ1) is 6.50. The fraction of sp³-hybridized carbons (Fsp3) is 0.889. The van der Waals surface area contributed by atoms with Gasteiger partial charge in [0.25, 0.3) is 0 Å². The van der Waals surface area contributed by atoms with E-state index < -0.39 is 17.6 Å². The zero-order valence-electron chi connectivity index (χ0n) is 9.27. The summed E-state index contributed by atoms with van der Waals surface area (Å²) in [6, 6.07) is -0.345. The van der Waals surface area contributed by atoms with E-state index in [1.165, 1.54) is 0 Å². The number of alkyl halides is 3. The van der Waals surface area contributed by atoms with Gasteiger partial charge in [0.15, 0.2) is 5.54 Å². The van der Waals surface area contributed by atoms with E-state index in [2.05, 4.69) is 5.32 Å². The lowest BCUT2D eigenvalue weighted by Gasteiger charge is -2.29. The highest BCUT2D eigenvalue weighted by atomic mass is 19.4. The summed E-state index contributed by atoms with van der Waals surface area (Å²) in [4.78, 5) is 11.3. The fourth-order valence-corrected chi connectivity index (χ4v) is 0.652. The van der Waals surface area contributed by atoms with Crippen LogP contribution in [0.5, 0.6) is 0 Å². The molecule has 2 atom stereocenters. The maximum absolute atomic E-state index is 12.3. The van der Waals surface area contributed by atoms with Gasteiger partial charge in [0.05, 0.1) is 0 Å². The molecule has 0 saturated heterocycles. The molecule has 0 aliphatic carbocycles. The Morgan fingerprint density at radius 1 is 1.27 bits per heavy atom. The zero-order valence-corrected chi connectivity index (χ0v) is 9.27. The van der Waals surface area contributed by atoms with E-state index in [0.717, 1.165) is 0 Å². The van der Waals surface area contributed by atoms with Gasteiger partial charge in [-0.3, -0.25) is 4.79 Å². The van der Waals surface area contributed by atoms with Crippen LogP contribution in [-0.2, 0) is 4.79 Å². The van der Waals surface area contributed by atoms with Crippen molar-refractivity contribution < 1.29 is 18.0 Å². The van der Waals surface area contributed by atoms with Gasteiger partial charge in [0.1, 0.15) is 0 Å². The van der Waals surface area contributed by atoms with Gasteiger partial charge in [-0.05, 0) is 19.8 Å². The second kappa shape index (κ2) is 4.38. The number of halogens is 3. The highest BCUT2D eigenvalue weighted by Gasteiger charge is 2.54. The smallest absolute Gasteiger partial charge is 0.352 e. The van der Waals surface area contributed by atoms with E-state index in [0.29, 0.717) is 6.92 Å². The standard InChI is InChI=1S/C9H17F3N2O/c1-5(2)6(3)14-7(15)8(4,13)9(10,11)12/h5-6H,13H2,1-4H3,(H,14,15). The van der Waals surface area contributed by atoms with Crippen molar-refractivity contribution in [3.63, 3.8) is 0 Å². The van der Waals surface area contributed by atoms with Gasteiger partial charge >= 0.3 is 6.18 Å². The molecule has 0 aromatic heterocycles. The number of rotatable bonds is 3. The van der Waals surface area contributed by atoms with Crippen LogP contribution in [0, 0.1) is 5.92 Å². The Morgan fingerprint density at radius 2 is 1.67 bits per heavy atom. The lowest BCUT2D eigenvalue weighted by molar-refractivity contribution is -0.187. The fourth-order valence-electron chi connectivity index (χ4n) is 0.652. The summed E-state index contributed by atoms with van der Waals surface area (Å²) < 4.78 is 37.0. The lowest BCUT2D eigenvalue weighted by Crippen LogP contribution is -2.62. The minimum absolute atomic E-state index is 0.0537. The Labute approximate surface area is 87.2 Å². The molecule has 0 spiro atoms. The summed E-state index contributed by atoms with van der Waals surface area (Å²) in [6.45, 7) is 5.89.